The molecule has 0 heterocycles. The predicted molar refractivity (Wildman–Crippen MR) is 75.2 cm³/mol. The van der Waals surface area contributed by atoms with Crippen LogP contribution in [-0.2, 0) is 9.59 Å². The van der Waals surface area contributed by atoms with Gasteiger partial charge in [0.05, 0.1) is 0 Å². The minimum absolute atomic E-state index is 0.120. The number of nitrogens with zero attached hydrogens (tertiary/aromatic N) is 1. The highest BCUT2D eigenvalue weighted by atomic mass is 16.4. The van der Waals surface area contributed by atoms with Crippen molar-refractivity contribution in [2.75, 3.05) is 20.1 Å². The second-order valence-corrected chi connectivity index (χ2v) is 4.92. The summed E-state index contributed by atoms with van der Waals surface area (Å²) in [5, 5.41) is 13.9. The minimum Gasteiger partial charge on any atom is -0.480 e. The van der Waals surface area contributed by atoms with Crippen molar-refractivity contribution < 1.29 is 19.5 Å². The zero-order valence-electron chi connectivity index (χ0n) is 12.2. The van der Waals surface area contributed by atoms with E-state index in [9.17, 15) is 14.4 Å². The Kier molecular flexibility index (Phi) is 8.03. The van der Waals surface area contributed by atoms with Gasteiger partial charge in [0.15, 0.2) is 0 Å². The molecule has 0 saturated heterocycles. The zero-order chi connectivity index (χ0) is 15.7. The van der Waals surface area contributed by atoms with Crippen molar-refractivity contribution in [1.82, 2.24) is 15.5 Å². The Morgan fingerprint density at radius 2 is 1.95 bits per heavy atom. The van der Waals surface area contributed by atoms with Crippen molar-refractivity contribution >= 4 is 17.9 Å². The molecule has 0 radical (unpaired) electrons. The molecule has 0 aromatic rings. The van der Waals surface area contributed by atoms with E-state index in [4.69, 9.17) is 5.11 Å². The molecular formula is C13H23N3O4. The van der Waals surface area contributed by atoms with E-state index < -0.39 is 18.0 Å². The Hall–Kier alpha value is -2.05. The molecule has 7 heteroatoms. The Bertz CT molecular complexity index is 369. The van der Waals surface area contributed by atoms with Crippen LogP contribution in [0.15, 0.2) is 12.7 Å². The molecule has 0 aliphatic heterocycles. The van der Waals surface area contributed by atoms with Crippen LogP contribution in [0.3, 0.4) is 0 Å². The number of likely N-dealkylation sites (N-methyl/N-ethyl adjacent to an activating group) is 1. The monoisotopic (exact) mass is 285 g/mol. The highest BCUT2D eigenvalue weighted by Crippen LogP contribution is 1.96. The fraction of sp³-hybridized carbons (Fsp3) is 0.615. The molecule has 1 atom stereocenters. The van der Waals surface area contributed by atoms with Gasteiger partial charge in [0, 0.05) is 13.6 Å². The van der Waals surface area contributed by atoms with Crippen LogP contribution in [0.25, 0.3) is 0 Å². The molecule has 0 aromatic heterocycles. The van der Waals surface area contributed by atoms with Crippen LogP contribution in [0.1, 0.15) is 20.3 Å². The van der Waals surface area contributed by atoms with Gasteiger partial charge in [-0.25, -0.2) is 9.59 Å². The summed E-state index contributed by atoms with van der Waals surface area (Å²) in [6.07, 6.45) is 1.53. The molecule has 0 aliphatic carbocycles. The van der Waals surface area contributed by atoms with E-state index in [1.54, 1.807) is 0 Å². The molecule has 0 saturated carbocycles. The number of amides is 3. The molecule has 0 aliphatic rings. The third-order valence-electron chi connectivity index (χ3n) is 2.43. The van der Waals surface area contributed by atoms with Crippen molar-refractivity contribution in [3.63, 3.8) is 0 Å². The third kappa shape index (κ3) is 7.40. The molecule has 20 heavy (non-hydrogen) atoms. The van der Waals surface area contributed by atoms with E-state index in [1.807, 2.05) is 13.8 Å². The number of aliphatic carboxylic acids is 1. The Morgan fingerprint density at radius 3 is 2.40 bits per heavy atom. The lowest BCUT2D eigenvalue weighted by Crippen LogP contribution is -2.49. The average molecular weight is 285 g/mol. The maximum atomic E-state index is 11.7. The lowest BCUT2D eigenvalue weighted by molar-refractivity contribution is -0.139. The van der Waals surface area contributed by atoms with Gasteiger partial charge in [-0.05, 0) is 12.3 Å². The number of hydrogen-bond donors (Lipinski definition) is 3. The van der Waals surface area contributed by atoms with Crippen molar-refractivity contribution in [1.29, 1.82) is 0 Å². The van der Waals surface area contributed by atoms with E-state index in [2.05, 4.69) is 17.2 Å². The maximum absolute atomic E-state index is 11.7. The second kappa shape index (κ2) is 8.95. The van der Waals surface area contributed by atoms with E-state index in [-0.39, 0.29) is 18.9 Å². The fourth-order valence-corrected chi connectivity index (χ4v) is 1.31. The van der Waals surface area contributed by atoms with Crippen LogP contribution in [0.2, 0.25) is 0 Å². The highest BCUT2D eigenvalue weighted by Gasteiger charge is 2.21. The lowest BCUT2D eigenvalue weighted by atomic mass is 10.2. The highest BCUT2D eigenvalue weighted by molar-refractivity contribution is 5.86. The smallest absolute Gasteiger partial charge is 0.326 e. The van der Waals surface area contributed by atoms with Gasteiger partial charge in [-0.2, -0.15) is 0 Å². The topological polar surface area (TPSA) is 98.7 Å². The van der Waals surface area contributed by atoms with Gasteiger partial charge < -0.3 is 20.6 Å². The summed E-state index contributed by atoms with van der Waals surface area (Å²) in [7, 11) is 1.43. The zero-order valence-corrected chi connectivity index (χ0v) is 12.2. The van der Waals surface area contributed by atoms with Gasteiger partial charge in [-0.1, -0.05) is 19.9 Å². The molecule has 3 amide bonds. The van der Waals surface area contributed by atoms with Crippen LogP contribution in [0.5, 0.6) is 0 Å². The number of carboxylic acids is 1. The van der Waals surface area contributed by atoms with Crippen LogP contribution in [-0.4, -0.2) is 54.1 Å². The molecule has 0 fully saturated rings. The molecule has 0 rings (SSSR count). The molecular weight excluding hydrogens is 262 g/mol. The van der Waals surface area contributed by atoms with E-state index in [0.29, 0.717) is 12.5 Å². The van der Waals surface area contributed by atoms with Gasteiger partial charge in [-0.3, -0.25) is 4.79 Å². The molecule has 0 spiro atoms. The summed E-state index contributed by atoms with van der Waals surface area (Å²) in [4.78, 5) is 35.3. The minimum atomic E-state index is -1.14. The molecule has 0 aromatic carbocycles. The Morgan fingerprint density at radius 1 is 1.35 bits per heavy atom. The Balaban J connectivity index is 4.29. The van der Waals surface area contributed by atoms with Crippen LogP contribution in [0, 0.1) is 5.92 Å². The number of rotatable bonds is 8. The lowest BCUT2D eigenvalue weighted by Gasteiger charge is -2.20. The first-order valence-electron chi connectivity index (χ1n) is 6.40. The second-order valence-electron chi connectivity index (χ2n) is 4.92. The number of carbonyl (C=O) groups excluding carboxylic acids is 2. The first kappa shape index (κ1) is 17.9. The van der Waals surface area contributed by atoms with Gasteiger partial charge in [-0.15, -0.1) is 6.58 Å². The third-order valence-corrected chi connectivity index (χ3v) is 2.43. The van der Waals surface area contributed by atoms with Crippen molar-refractivity contribution in [2.24, 2.45) is 5.92 Å². The first-order chi connectivity index (χ1) is 9.27. The summed E-state index contributed by atoms with van der Waals surface area (Å²) >= 11 is 0. The number of urea groups is 1. The summed E-state index contributed by atoms with van der Waals surface area (Å²) in [6.45, 7) is 7.76. The van der Waals surface area contributed by atoms with E-state index in [0.717, 1.165) is 4.90 Å². The summed E-state index contributed by atoms with van der Waals surface area (Å²) in [6, 6.07) is -1.65. The molecule has 1 unspecified atom stereocenters. The average Bonchev–Trinajstić information content (AvgIpc) is 2.35. The van der Waals surface area contributed by atoms with E-state index in [1.165, 1.54) is 13.1 Å². The summed E-state index contributed by atoms with van der Waals surface area (Å²) in [5.41, 5.74) is 0. The van der Waals surface area contributed by atoms with Gasteiger partial charge >= 0.3 is 12.0 Å². The van der Waals surface area contributed by atoms with Crippen molar-refractivity contribution in [3.05, 3.63) is 12.7 Å². The van der Waals surface area contributed by atoms with Crippen molar-refractivity contribution in [3.8, 4) is 0 Å². The van der Waals surface area contributed by atoms with Gasteiger partial charge in [0.1, 0.15) is 12.6 Å². The van der Waals surface area contributed by atoms with Gasteiger partial charge in [0.25, 0.3) is 0 Å². The fourth-order valence-electron chi connectivity index (χ4n) is 1.31. The predicted octanol–water partition coefficient (Wildman–Crippen LogP) is 0.429. The van der Waals surface area contributed by atoms with Crippen LogP contribution >= 0.6 is 0 Å². The first-order valence-corrected chi connectivity index (χ1v) is 6.40. The number of carboxylic acid groups (broad SMARTS) is 1. The standard InChI is InChI=1S/C13H23N3O4/c1-5-6-10(12(18)19)15-13(20)16(4)8-11(17)14-7-9(2)3/h5,9-10H,1,6-8H2,2-4H3,(H,14,17)(H,15,20)(H,18,19). The summed E-state index contributed by atoms with van der Waals surface area (Å²) < 4.78 is 0. The maximum Gasteiger partial charge on any atom is 0.326 e. The SMILES string of the molecule is C=CCC(NC(=O)N(C)CC(=O)NCC(C)C)C(=O)O. The summed E-state index contributed by atoms with van der Waals surface area (Å²) in [5.74, 6) is -1.11. The molecule has 3 N–H and O–H groups in total. The normalized spacial score (nSPS) is 11.6. The molecule has 7 nitrogen and oxygen atoms in total. The van der Waals surface area contributed by atoms with Crippen molar-refractivity contribution in [2.45, 2.75) is 26.3 Å². The number of carbonyl (C=O) groups is 3. The van der Waals surface area contributed by atoms with Gasteiger partial charge in [0.2, 0.25) is 5.91 Å². The molecule has 114 valence electrons. The largest absolute Gasteiger partial charge is 0.480 e. The van der Waals surface area contributed by atoms with E-state index >= 15 is 0 Å². The quantitative estimate of drug-likeness (QED) is 0.563. The Labute approximate surface area is 119 Å². The molecule has 0 bridgehead atoms. The van der Waals surface area contributed by atoms with Crippen LogP contribution < -0.4 is 10.6 Å². The number of hydrogen-bond acceptors (Lipinski definition) is 3. The van der Waals surface area contributed by atoms with Crippen LogP contribution in [0.4, 0.5) is 4.79 Å². The number of nitrogens with one attached hydrogen (secondary N) is 2.